The molecule has 0 aliphatic carbocycles. The summed E-state index contributed by atoms with van der Waals surface area (Å²) < 4.78 is 0.389. The molecule has 0 saturated heterocycles. The highest BCUT2D eigenvalue weighted by Crippen LogP contribution is 2.17. The Bertz CT molecular complexity index is 324. The van der Waals surface area contributed by atoms with Crippen LogP contribution in [0.1, 0.15) is 5.56 Å². The Morgan fingerprint density at radius 3 is 2.42 bits per heavy atom. The van der Waals surface area contributed by atoms with E-state index in [1.807, 2.05) is 18.2 Å². The Hall–Kier alpha value is -1.05. The van der Waals surface area contributed by atoms with Crippen LogP contribution in [-0.4, -0.2) is 4.32 Å². The molecule has 4 heteroatoms. The minimum absolute atomic E-state index is 0.389. The normalized spacial score (nSPS) is 8.92. The second kappa shape index (κ2) is 4.10. The van der Waals surface area contributed by atoms with Gasteiger partial charge in [0.25, 0.3) is 0 Å². The molecule has 0 atom stereocenters. The summed E-state index contributed by atoms with van der Waals surface area (Å²) in [5.41, 5.74) is 5.97. The van der Waals surface area contributed by atoms with Crippen LogP contribution in [0.5, 0.6) is 0 Å². The molecule has 0 unspecified atom stereocenters. The molecule has 12 heavy (non-hydrogen) atoms. The first-order valence-corrected chi connectivity index (χ1v) is 4.42. The van der Waals surface area contributed by atoms with E-state index in [9.17, 15) is 0 Å². The van der Waals surface area contributed by atoms with Crippen LogP contribution in [0.3, 0.4) is 0 Å². The minimum Gasteiger partial charge on any atom is -0.384 e. The van der Waals surface area contributed by atoms with Crippen molar-refractivity contribution >= 4 is 28.3 Å². The molecule has 0 bridgehead atoms. The molecule has 0 spiro atoms. The summed E-state index contributed by atoms with van der Waals surface area (Å²) in [6, 6.07) is 9.15. The van der Waals surface area contributed by atoms with Crippen molar-refractivity contribution < 1.29 is 0 Å². The first kappa shape index (κ1) is 9.04. The van der Waals surface area contributed by atoms with Crippen molar-refractivity contribution in [3.05, 3.63) is 29.8 Å². The first-order chi connectivity index (χ1) is 5.72. The maximum Gasteiger partial charge on any atom is 0.135 e. The third-order valence-electron chi connectivity index (χ3n) is 1.20. The molecule has 0 aliphatic rings. The fourth-order valence-electron chi connectivity index (χ4n) is 0.714. The number of benzene rings is 1. The highest BCUT2D eigenvalue weighted by molar-refractivity contribution is 8.22. The highest BCUT2D eigenvalue weighted by atomic mass is 32.2. The van der Waals surface area contributed by atoms with E-state index in [0.717, 1.165) is 4.90 Å². The molecule has 60 valence electrons. The van der Waals surface area contributed by atoms with Gasteiger partial charge >= 0.3 is 0 Å². The van der Waals surface area contributed by atoms with E-state index in [1.54, 1.807) is 12.1 Å². The van der Waals surface area contributed by atoms with Gasteiger partial charge in [0.1, 0.15) is 4.32 Å². The van der Waals surface area contributed by atoms with Crippen LogP contribution in [0.2, 0.25) is 0 Å². The van der Waals surface area contributed by atoms with Gasteiger partial charge in [0.15, 0.2) is 0 Å². The minimum atomic E-state index is 0.389. The predicted molar refractivity (Wildman–Crippen MR) is 53.8 cm³/mol. The number of hydrogen-bond acceptors (Lipinski definition) is 3. The topological polar surface area (TPSA) is 49.8 Å². The van der Waals surface area contributed by atoms with Crippen LogP contribution >= 0.6 is 24.0 Å². The highest BCUT2D eigenvalue weighted by Gasteiger charge is 1.95. The maximum atomic E-state index is 8.50. The lowest BCUT2D eigenvalue weighted by atomic mass is 10.2. The van der Waals surface area contributed by atoms with Crippen LogP contribution < -0.4 is 5.73 Å². The third-order valence-corrected chi connectivity index (χ3v) is 2.16. The van der Waals surface area contributed by atoms with Gasteiger partial charge in [-0.05, 0) is 24.3 Å². The zero-order valence-corrected chi connectivity index (χ0v) is 7.78. The number of thiocarbonyl (C=S) groups is 1. The Morgan fingerprint density at radius 1 is 1.42 bits per heavy atom. The number of thioether (sulfide) groups is 1. The second-order valence-electron chi connectivity index (χ2n) is 2.06. The fourth-order valence-corrected chi connectivity index (χ4v) is 1.51. The molecule has 2 N–H and O–H groups in total. The van der Waals surface area contributed by atoms with E-state index in [0.29, 0.717) is 9.88 Å². The summed E-state index contributed by atoms with van der Waals surface area (Å²) >= 11 is 6.03. The molecule has 0 aromatic heterocycles. The van der Waals surface area contributed by atoms with Gasteiger partial charge in [-0.2, -0.15) is 5.26 Å². The average Bonchev–Trinajstić information content (AvgIpc) is 2.05. The van der Waals surface area contributed by atoms with Crippen molar-refractivity contribution in [2.45, 2.75) is 4.90 Å². The number of rotatable bonds is 1. The predicted octanol–water partition coefficient (Wildman–Crippen LogP) is 1.89. The van der Waals surface area contributed by atoms with Gasteiger partial charge in [0.2, 0.25) is 0 Å². The summed E-state index contributed by atoms with van der Waals surface area (Å²) in [7, 11) is 0. The molecule has 0 aliphatic heterocycles. The summed E-state index contributed by atoms with van der Waals surface area (Å²) in [6.45, 7) is 0. The molecule has 0 radical (unpaired) electrons. The van der Waals surface area contributed by atoms with Crippen molar-refractivity contribution in [3.63, 3.8) is 0 Å². The number of nitriles is 1. The van der Waals surface area contributed by atoms with Crippen molar-refractivity contribution in [2.24, 2.45) is 5.73 Å². The molecule has 1 rings (SSSR count). The number of nitrogens with two attached hydrogens (primary N) is 1. The van der Waals surface area contributed by atoms with Gasteiger partial charge in [-0.1, -0.05) is 24.0 Å². The van der Waals surface area contributed by atoms with E-state index in [4.69, 9.17) is 23.2 Å². The molecular weight excluding hydrogens is 188 g/mol. The zero-order valence-electron chi connectivity index (χ0n) is 6.15. The summed E-state index contributed by atoms with van der Waals surface area (Å²) in [5.74, 6) is 0. The van der Waals surface area contributed by atoms with E-state index in [2.05, 4.69) is 0 Å². The maximum absolute atomic E-state index is 8.50. The SMILES string of the molecule is N#Cc1ccc(SC(N)=S)cc1. The van der Waals surface area contributed by atoms with Crippen LogP contribution in [-0.2, 0) is 0 Å². The van der Waals surface area contributed by atoms with Crippen LogP contribution in [0, 0.1) is 11.3 Å². The Kier molecular flexibility index (Phi) is 3.09. The van der Waals surface area contributed by atoms with E-state index in [1.165, 1.54) is 11.8 Å². The second-order valence-corrected chi connectivity index (χ2v) is 3.87. The van der Waals surface area contributed by atoms with Crippen LogP contribution in [0.4, 0.5) is 0 Å². The van der Waals surface area contributed by atoms with Crippen molar-refractivity contribution in [2.75, 3.05) is 0 Å². The van der Waals surface area contributed by atoms with Crippen LogP contribution in [0.25, 0.3) is 0 Å². The molecular formula is C8H6N2S2. The largest absolute Gasteiger partial charge is 0.384 e. The molecule has 0 fully saturated rings. The summed E-state index contributed by atoms with van der Waals surface area (Å²) in [5, 5.41) is 8.50. The number of hydrogen-bond donors (Lipinski definition) is 1. The standard InChI is InChI=1S/C8H6N2S2/c9-5-6-1-3-7(4-2-6)12-8(10)11/h1-4H,(H2,10,11). The Morgan fingerprint density at radius 2 is 2.00 bits per heavy atom. The van der Waals surface area contributed by atoms with Crippen molar-refractivity contribution in [3.8, 4) is 6.07 Å². The van der Waals surface area contributed by atoms with Crippen molar-refractivity contribution in [1.29, 1.82) is 5.26 Å². The van der Waals surface area contributed by atoms with Gasteiger partial charge < -0.3 is 5.73 Å². The van der Waals surface area contributed by atoms with Gasteiger partial charge in [0.05, 0.1) is 11.6 Å². The summed E-state index contributed by atoms with van der Waals surface area (Å²) in [6.07, 6.45) is 0. The quantitative estimate of drug-likeness (QED) is 0.548. The first-order valence-electron chi connectivity index (χ1n) is 3.20. The lowest BCUT2D eigenvalue weighted by Crippen LogP contribution is -2.00. The lowest BCUT2D eigenvalue weighted by molar-refractivity contribution is 1.42. The summed E-state index contributed by atoms with van der Waals surface area (Å²) in [4.78, 5) is 0.960. The van der Waals surface area contributed by atoms with Gasteiger partial charge in [0, 0.05) is 4.90 Å². The monoisotopic (exact) mass is 194 g/mol. The molecule has 2 nitrogen and oxygen atoms in total. The van der Waals surface area contributed by atoms with Gasteiger partial charge in [-0.15, -0.1) is 0 Å². The Labute approximate surface area is 80.4 Å². The van der Waals surface area contributed by atoms with E-state index >= 15 is 0 Å². The number of nitrogens with zero attached hydrogens (tertiary/aromatic N) is 1. The van der Waals surface area contributed by atoms with Gasteiger partial charge in [-0.3, -0.25) is 0 Å². The molecule has 0 amide bonds. The fraction of sp³-hybridized carbons (Fsp3) is 0. The zero-order chi connectivity index (χ0) is 8.97. The van der Waals surface area contributed by atoms with Crippen LogP contribution in [0.15, 0.2) is 29.2 Å². The smallest absolute Gasteiger partial charge is 0.135 e. The van der Waals surface area contributed by atoms with E-state index in [-0.39, 0.29) is 0 Å². The molecule has 0 heterocycles. The molecule has 1 aromatic carbocycles. The van der Waals surface area contributed by atoms with Crippen molar-refractivity contribution in [1.82, 2.24) is 0 Å². The lowest BCUT2D eigenvalue weighted by Gasteiger charge is -1.96. The molecule has 1 aromatic rings. The van der Waals surface area contributed by atoms with E-state index < -0.39 is 0 Å². The van der Waals surface area contributed by atoms with Gasteiger partial charge in [-0.25, -0.2) is 0 Å². The third kappa shape index (κ3) is 2.53. The Balaban J connectivity index is 2.80. The average molecular weight is 194 g/mol. The molecule has 0 saturated carbocycles.